The van der Waals surface area contributed by atoms with Gasteiger partial charge < -0.3 is 15.8 Å². The third kappa shape index (κ3) is 4.11. The number of hydrogen-bond donors (Lipinski definition) is 2. The highest BCUT2D eigenvalue weighted by molar-refractivity contribution is 7.85. The Balaban J connectivity index is 2.24. The Morgan fingerprint density at radius 3 is 2.76 bits per heavy atom. The first-order valence-electron chi connectivity index (χ1n) is 6.89. The number of benzene rings is 1. The molecule has 5 nitrogen and oxygen atoms in total. The Hall–Kier alpha value is -1.27. The molecule has 1 aliphatic heterocycles. The maximum Gasteiger partial charge on any atom is 0.340 e. The van der Waals surface area contributed by atoms with E-state index in [9.17, 15) is 9.00 Å². The summed E-state index contributed by atoms with van der Waals surface area (Å²) in [5.74, 6) is 0.881. The van der Waals surface area contributed by atoms with E-state index < -0.39 is 16.8 Å². The summed E-state index contributed by atoms with van der Waals surface area (Å²) < 4.78 is 16.4. The number of carbonyl (C=O) groups is 1. The van der Waals surface area contributed by atoms with Crippen molar-refractivity contribution < 1.29 is 13.7 Å². The van der Waals surface area contributed by atoms with E-state index in [1.807, 2.05) is 0 Å². The fraction of sp³-hybridized carbons (Fsp3) is 0.500. The molecule has 116 valence electrons. The van der Waals surface area contributed by atoms with Crippen LogP contribution >= 0.6 is 11.6 Å². The minimum atomic E-state index is -0.730. The van der Waals surface area contributed by atoms with Crippen LogP contribution in [0.5, 0.6) is 0 Å². The Morgan fingerprint density at radius 1 is 1.48 bits per heavy atom. The highest BCUT2D eigenvalue weighted by Gasteiger charge is 2.22. The molecule has 1 saturated heterocycles. The highest BCUT2D eigenvalue weighted by Crippen LogP contribution is 2.31. The van der Waals surface area contributed by atoms with Crippen LogP contribution in [0.1, 0.15) is 30.1 Å². The molecule has 1 aromatic rings. The number of carbonyl (C=O) groups excluding carboxylic acids is 1. The third-order valence-electron chi connectivity index (χ3n) is 3.34. The van der Waals surface area contributed by atoms with Crippen molar-refractivity contribution in [3.8, 4) is 0 Å². The first kappa shape index (κ1) is 16.1. The minimum absolute atomic E-state index is 0.150. The molecule has 0 amide bonds. The Labute approximate surface area is 131 Å². The van der Waals surface area contributed by atoms with Crippen LogP contribution in [-0.4, -0.2) is 34.3 Å². The van der Waals surface area contributed by atoms with Gasteiger partial charge in [0.05, 0.1) is 22.9 Å². The van der Waals surface area contributed by atoms with Crippen LogP contribution in [0, 0.1) is 0 Å². The van der Waals surface area contributed by atoms with Crippen LogP contribution in [0.2, 0.25) is 5.02 Å². The fourth-order valence-electron chi connectivity index (χ4n) is 2.29. The lowest BCUT2D eigenvalue weighted by molar-refractivity contribution is 0.0527. The summed E-state index contributed by atoms with van der Waals surface area (Å²) in [7, 11) is -0.730. The lowest BCUT2D eigenvalue weighted by Crippen LogP contribution is -2.30. The molecule has 0 unspecified atom stereocenters. The number of nitrogen functional groups attached to an aromatic ring is 1. The number of rotatable bonds is 4. The van der Waals surface area contributed by atoms with E-state index in [0.29, 0.717) is 33.5 Å². The number of ether oxygens (including phenoxy) is 1. The van der Waals surface area contributed by atoms with Gasteiger partial charge >= 0.3 is 5.97 Å². The molecule has 0 saturated carbocycles. The van der Waals surface area contributed by atoms with Gasteiger partial charge in [-0.15, -0.1) is 0 Å². The van der Waals surface area contributed by atoms with E-state index in [4.69, 9.17) is 22.1 Å². The number of nitrogens with one attached hydrogen (secondary N) is 1. The van der Waals surface area contributed by atoms with Gasteiger partial charge in [-0.05, 0) is 31.9 Å². The van der Waals surface area contributed by atoms with Crippen molar-refractivity contribution in [2.45, 2.75) is 25.8 Å². The smallest absolute Gasteiger partial charge is 0.340 e. The van der Waals surface area contributed by atoms with Crippen molar-refractivity contribution in [2.24, 2.45) is 0 Å². The van der Waals surface area contributed by atoms with Crippen LogP contribution < -0.4 is 11.1 Å². The van der Waals surface area contributed by atoms with E-state index in [-0.39, 0.29) is 12.6 Å². The van der Waals surface area contributed by atoms with Crippen molar-refractivity contribution in [1.29, 1.82) is 0 Å². The molecular weight excluding hydrogens is 312 g/mol. The average Bonchev–Trinajstić information content (AvgIpc) is 2.44. The molecule has 2 rings (SSSR count). The van der Waals surface area contributed by atoms with Crippen molar-refractivity contribution >= 4 is 39.7 Å². The molecule has 1 aromatic carbocycles. The SMILES string of the molecule is CCOC(=O)c1cc(N)cc(Cl)c1NC1CCS(=O)CC1. The van der Waals surface area contributed by atoms with Crippen molar-refractivity contribution in [2.75, 3.05) is 29.2 Å². The molecule has 7 heteroatoms. The van der Waals surface area contributed by atoms with Crippen molar-refractivity contribution in [1.82, 2.24) is 0 Å². The van der Waals surface area contributed by atoms with Gasteiger partial charge in [0, 0.05) is 34.0 Å². The van der Waals surface area contributed by atoms with Crippen LogP contribution in [0.15, 0.2) is 12.1 Å². The van der Waals surface area contributed by atoms with E-state index in [1.165, 1.54) is 0 Å². The number of halogens is 1. The standard InChI is InChI=1S/C14H19ClN2O3S/c1-2-20-14(18)11-7-9(16)8-12(15)13(11)17-10-3-5-21(19)6-4-10/h7-8,10,17H,2-6,16H2,1H3. The molecule has 0 aromatic heterocycles. The lowest BCUT2D eigenvalue weighted by Gasteiger charge is -2.25. The summed E-state index contributed by atoms with van der Waals surface area (Å²) in [4.78, 5) is 12.0. The molecule has 3 N–H and O–H groups in total. The van der Waals surface area contributed by atoms with Crippen LogP contribution in [-0.2, 0) is 15.5 Å². The summed E-state index contributed by atoms with van der Waals surface area (Å²) in [5, 5.41) is 3.68. The maximum atomic E-state index is 12.0. The number of nitrogens with two attached hydrogens (primary N) is 1. The molecule has 0 atom stereocenters. The molecule has 0 aliphatic carbocycles. The molecular formula is C14H19ClN2O3S. The lowest BCUT2D eigenvalue weighted by atomic mass is 10.1. The maximum absolute atomic E-state index is 12.0. The summed E-state index contributed by atoms with van der Waals surface area (Å²) in [6, 6.07) is 3.32. The van der Waals surface area contributed by atoms with Gasteiger partial charge in [-0.2, -0.15) is 0 Å². The normalized spacial score (nSPS) is 21.8. The number of anilines is 2. The number of hydrogen-bond acceptors (Lipinski definition) is 5. The largest absolute Gasteiger partial charge is 0.462 e. The molecule has 0 bridgehead atoms. The zero-order chi connectivity index (χ0) is 15.4. The Kier molecular flexibility index (Phi) is 5.47. The van der Waals surface area contributed by atoms with Crippen molar-refractivity contribution in [3.63, 3.8) is 0 Å². The molecule has 21 heavy (non-hydrogen) atoms. The predicted octanol–water partition coefficient (Wildman–Crippen LogP) is 2.42. The van der Waals surface area contributed by atoms with Gasteiger partial charge in [0.25, 0.3) is 0 Å². The monoisotopic (exact) mass is 330 g/mol. The Morgan fingerprint density at radius 2 is 2.14 bits per heavy atom. The van der Waals surface area contributed by atoms with Crippen LogP contribution in [0.25, 0.3) is 0 Å². The average molecular weight is 331 g/mol. The zero-order valence-corrected chi connectivity index (χ0v) is 13.4. The number of esters is 1. The van der Waals surface area contributed by atoms with Crippen LogP contribution in [0.4, 0.5) is 11.4 Å². The molecule has 0 radical (unpaired) electrons. The van der Waals surface area contributed by atoms with Gasteiger partial charge in [0.2, 0.25) is 0 Å². The second-order valence-electron chi connectivity index (χ2n) is 4.91. The molecule has 1 aliphatic rings. The second kappa shape index (κ2) is 7.13. The summed E-state index contributed by atoms with van der Waals surface area (Å²) in [5.41, 5.74) is 7.05. The van der Waals surface area contributed by atoms with Gasteiger partial charge in [0.15, 0.2) is 0 Å². The zero-order valence-electron chi connectivity index (χ0n) is 11.9. The summed E-state index contributed by atoms with van der Waals surface area (Å²) >= 11 is 6.22. The highest BCUT2D eigenvalue weighted by atomic mass is 35.5. The van der Waals surface area contributed by atoms with Gasteiger partial charge in [0.1, 0.15) is 0 Å². The van der Waals surface area contributed by atoms with Crippen LogP contribution in [0.3, 0.4) is 0 Å². The first-order valence-corrected chi connectivity index (χ1v) is 8.75. The predicted molar refractivity (Wildman–Crippen MR) is 86.3 cm³/mol. The van der Waals surface area contributed by atoms with Crippen molar-refractivity contribution in [3.05, 3.63) is 22.7 Å². The van der Waals surface area contributed by atoms with Gasteiger partial charge in [-0.25, -0.2) is 4.79 Å². The third-order valence-corrected chi connectivity index (χ3v) is 5.02. The Bertz CT molecular complexity index is 555. The van der Waals surface area contributed by atoms with Gasteiger partial charge in [-0.3, -0.25) is 4.21 Å². The summed E-state index contributed by atoms with van der Waals surface area (Å²) in [6.07, 6.45) is 1.57. The van der Waals surface area contributed by atoms with E-state index in [1.54, 1.807) is 19.1 Å². The van der Waals surface area contributed by atoms with E-state index >= 15 is 0 Å². The molecule has 1 heterocycles. The quantitative estimate of drug-likeness (QED) is 0.654. The fourth-order valence-corrected chi connectivity index (χ4v) is 3.87. The van der Waals surface area contributed by atoms with E-state index in [0.717, 1.165) is 12.8 Å². The minimum Gasteiger partial charge on any atom is -0.462 e. The van der Waals surface area contributed by atoms with E-state index in [2.05, 4.69) is 5.32 Å². The topological polar surface area (TPSA) is 81.4 Å². The van der Waals surface area contributed by atoms with Gasteiger partial charge in [-0.1, -0.05) is 11.6 Å². The molecule has 0 spiro atoms. The first-order chi connectivity index (χ1) is 10.0. The molecule has 1 fully saturated rings. The summed E-state index contributed by atoms with van der Waals surface area (Å²) in [6.45, 7) is 2.03. The second-order valence-corrected chi connectivity index (χ2v) is 7.02.